The highest BCUT2D eigenvalue weighted by molar-refractivity contribution is 6.08. The van der Waals surface area contributed by atoms with E-state index < -0.39 is 11.8 Å². The number of carbonyl (C=O) groups is 2. The molecule has 0 fully saturated rings. The van der Waals surface area contributed by atoms with Gasteiger partial charge in [0.15, 0.2) is 5.78 Å². The number of benzene rings is 1. The molecule has 0 aliphatic heterocycles. The van der Waals surface area contributed by atoms with Crippen LogP contribution in [-0.2, 0) is 4.79 Å². The number of carbonyl (C=O) groups excluding carboxylic acids is 1. The van der Waals surface area contributed by atoms with Crippen LogP contribution in [0.3, 0.4) is 0 Å². The molecule has 5 heteroatoms. The van der Waals surface area contributed by atoms with Gasteiger partial charge in [0.2, 0.25) is 0 Å². The van der Waals surface area contributed by atoms with Crippen molar-refractivity contribution in [1.29, 1.82) is 0 Å². The number of ether oxygens (including phenoxy) is 2. The molecular weight excluding hydrogens is 224 g/mol. The van der Waals surface area contributed by atoms with Crippen molar-refractivity contribution >= 4 is 11.8 Å². The summed E-state index contributed by atoms with van der Waals surface area (Å²) >= 11 is 0. The fourth-order valence-electron chi connectivity index (χ4n) is 1.24. The highest BCUT2D eigenvalue weighted by Crippen LogP contribution is 2.24. The molecule has 0 saturated carbocycles. The maximum atomic E-state index is 11.7. The van der Waals surface area contributed by atoms with Gasteiger partial charge >= 0.3 is 5.97 Å². The smallest absolute Gasteiger partial charge is 0.328 e. The van der Waals surface area contributed by atoms with Gasteiger partial charge in [-0.15, -0.1) is 0 Å². The SMILES string of the molecule is COc1ccc(OC)c(C(=O)C=CC(=O)O)c1. The Morgan fingerprint density at radius 3 is 2.41 bits per heavy atom. The maximum absolute atomic E-state index is 11.7. The molecule has 0 aromatic heterocycles. The van der Waals surface area contributed by atoms with Gasteiger partial charge in [0.1, 0.15) is 11.5 Å². The van der Waals surface area contributed by atoms with Gasteiger partial charge in [-0.1, -0.05) is 0 Å². The largest absolute Gasteiger partial charge is 0.497 e. The Morgan fingerprint density at radius 2 is 1.88 bits per heavy atom. The van der Waals surface area contributed by atoms with Crippen LogP contribution in [0.15, 0.2) is 30.4 Å². The summed E-state index contributed by atoms with van der Waals surface area (Å²) in [5.74, 6) is -0.771. The molecule has 0 saturated heterocycles. The summed E-state index contributed by atoms with van der Waals surface area (Å²) in [4.78, 5) is 22.0. The molecule has 0 aliphatic carbocycles. The first-order valence-electron chi connectivity index (χ1n) is 4.76. The molecular formula is C12H12O5. The fraction of sp³-hybridized carbons (Fsp3) is 0.167. The van der Waals surface area contributed by atoms with Crippen molar-refractivity contribution in [2.75, 3.05) is 14.2 Å². The summed E-state index contributed by atoms with van der Waals surface area (Å²) in [5, 5.41) is 8.44. The number of rotatable bonds is 5. The fourth-order valence-corrected chi connectivity index (χ4v) is 1.24. The Kier molecular flexibility index (Phi) is 4.28. The summed E-state index contributed by atoms with van der Waals surface area (Å²) in [5.41, 5.74) is 0.254. The van der Waals surface area contributed by atoms with E-state index in [1.807, 2.05) is 0 Å². The minimum atomic E-state index is -1.18. The van der Waals surface area contributed by atoms with Crippen LogP contribution in [0.5, 0.6) is 11.5 Å². The van der Waals surface area contributed by atoms with Crippen LogP contribution in [0.4, 0.5) is 0 Å². The van der Waals surface area contributed by atoms with Gasteiger partial charge < -0.3 is 14.6 Å². The van der Waals surface area contributed by atoms with Gasteiger partial charge in [0, 0.05) is 6.08 Å². The molecule has 0 spiro atoms. The molecule has 1 aromatic rings. The molecule has 90 valence electrons. The van der Waals surface area contributed by atoms with E-state index in [2.05, 4.69) is 0 Å². The van der Waals surface area contributed by atoms with Crippen LogP contribution >= 0.6 is 0 Å². The van der Waals surface area contributed by atoms with Crippen LogP contribution in [0.2, 0.25) is 0 Å². The van der Waals surface area contributed by atoms with Gasteiger partial charge in [0.25, 0.3) is 0 Å². The second-order valence-corrected chi connectivity index (χ2v) is 3.10. The van der Waals surface area contributed by atoms with Crippen molar-refractivity contribution in [3.05, 3.63) is 35.9 Å². The van der Waals surface area contributed by atoms with Gasteiger partial charge in [-0.25, -0.2) is 4.79 Å². The zero-order valence-corrected chi connectivity index (χ0v) is 9.47. The normalized spacial score (nSPS) is 10.2. The third-order valence-electron chi connectivity index (χ3n) is 2.05. The molecule has 17 heavy (non-hydrogen) atoms. The first kappa shape index (κ1) is 12.8. The van der Waals surface area contributed by atoms with Crippen molar-refractivity contribution < 1.29 is 24.2 Å². The molecule has 0 amide bonds. The molecule has 1 rings (SSSR count). The number of ketones is 1. The van der Waals surface area contributed by atoms with Gasteiger partial charge in [-0.2, -0.15) is 0 Å². The second-order valence-electron chi connectivity index (χ2n) is 3.10. The monoisotopic (exact) mass is 236 g/mol. The lowest BCUT2D eigenvalue weighted by Gasteiger charge is -2.07. The Morgan fingerprint density at radius 1 is 1.18 bits per heavy atom. The summed E-state index contributed by atoms with van der Waals surface area (Å²) in [7, 11) is 2.91. The highest BCUT2D eigenvalue weighted by Gasteiger charge is 2.11. The predicted octanol–water partition coefficient (Wildman–Crippen LogP) is 1.53. The molecule has 1 N–H and O–H groups in total. The van der Waals surface area contributed by atoms with E-state index in [4.69, 9.17) is 14.6 Å². The van der Waals surface area contributed by atoms with E-state index in [9.17, 15) is 9.59 Å². The number of carboxylic acids is 1. The van der Waals surface area contributed by atoms with Gasteiger partial charge in [0.05, 0.1) is 19.8 Å². The quantitative estimate of drug-likeness (QED) is 0.620. The highest BCUT2D eigenvalue weighted by atomic mass is 16.5. The average molecular weight is 236 g/mol. The van der Waals surface area contributed by atoms with Crippen LogP contribution in [-0.4, -0.2) is 31.1 Å². The molecule has 0 unspecified atom stereocenters. The number of aliphatic carboxylic acids is 1. The van der Waals surface area contributed by atoms with Crippen molar-refractivity contribution in [3.8, 4) is 11.5 Å². The summed E-state index contributed by atoms with van der Waals surface area (Å²) < 4.78 is 10.00. The van der Waals surface area contributed by atoms with Crippen molar-refractivity contribution in [2.45, 2.75) is 0 Å². The van der Waals surface area contributed by atoms with Crippen LogP contribution < -0.4 is 9.47 Å². The average Bonchev–Trinajstić information content (AvgIpc) is 2.34. The Labute approximate surface area is 98.3 Å². The van der Waals surface area contributed by atoms with Gasteiger partial charge in [-0.3, -0.25) is 4.79 Å². The minimum Gasteiger partial charge on any atom is -0.497 e. The van der Waals surface area contributed by atoms with Crippen molar-refractivity contribution in [1.82, 2.24) is 0 Å². The lowest BCUT2D eigenvalue weighted by molar-refractivity contribution is -0.131. The number of allylic oxidation sites excluding steroid dienone is 1. The minimum absolute atomic E-state index is 0.254. The van der Waals surface area contributed by atoms with E-state index >= 15 is 0 Å². The number of hydrogen-bond donors (Lipinski definition) is 1. The van der Waals surface area contributed by atoms with Crippen LogP contribution in [0.25, 0.3) is 0 Å². The van der Waals surface area contributed by atoms with E-state index in [0.717, 1.165) is 12.2 Å². The maximum Gasteiger partial charge on any atom is 0.328 e. The third-order valence-corrected chi connectivity index (χ3v) is 2.05. The molecule has 0 bridgehead atoms. The van der Waals surface area contributed by atoms with E-state index in [0.29, 0.717) is 11.5 Å². The third kappa shape index (κ3) is 3.34. The van der Waals surface area contributed by atoms with Crippen molar-refractivity contribution in [3.63, 3.8) is 0 Å². The lowest BCUT2D eigenvalue weighted by Crippen LogP contribution is -2.01. The Hall–Kier alpha value is -2.30. The number of carboxylic acid groups (broad SMARTS) is 1. The first-order valence-corrected chi connectivity index (χ1v) is 4.76. The van der Waals surface area contributed by atoms with Crippen molar-refractivity contribution in [2.24, 2.45) is 0 Å². The predicted molar refractivity (Wildman–Crippen MR) is 60.7 cm³/mol. The summed E-state index contributed by atoms with van der Waals surface area (Å²) in [6.07, 6.45) is 1.75. The molecule has 0 heterocycles. The zero-order valence-electron chi connectivity index (χ0n) is 9.47. The lowest BCUT2D eigenvalue weighted by atomic mass is 10.1. The Bertz CT molecular complexity index is 462. The van der Waals surface area contributed by atoms with Crippen LogP contribution in [0, 0.1) is 0 Å². The molecule has 0 atom stereocenters. The number of methoxy groups -OCH3 is 2. The van der Waals surface area contributed by atoms with Gasteiger partial charge in [-0.05, 0) is 24.3 Å². The summed E-state index contributed by atoms with van der Waals surface area (Å²) in [6, 6.07) is 4.73. The molecule has 0 radical (unpaired) electrons. The molecule has 5 nitrogen and oxygen atoms in total. The zero-order chi connectivity index (χ0) is 12.8. The Balaban J connectivity index is 3.09. The standard InChI is InChI=1S/C12H12O5/c1-16-8-3-5-11(17-2)9(7-8)10(13)4-6-12(14)15/h3-7H,1-2H3,(H,14,15). The van der Waals surface area contributed by atoms with Crippen LogP contribution in [0.1, 0.15) is 10.4 Å². The van der Waals surface area contributed by atoms with E-state index in [1.54, 1.807) is 12.1 Å². The number of hydrogen-bond acceptors (Lipinski definition) is 4. The molecule has 1 aromatic carbocycles. The van der Waals surface area contributed by atoms with E-state index in [-0.39, 0.29) is 5.56 Å². The first-order chi connectivity index (χ1) is 8.08. The second kappa shape index (κ2) is 5.69. The summed E-state index contributed by atoms with van der Waals surface area (Å²) in [6.45, 7) is 0. The van der Waals surface area contributed by atoms with E-state index in [1.165, 1.54) is 20.3 Å². The molecule has 0 aliphatic rings. The topological polar surface area (TPSA) is 72.8 Å².